The second-order valence-corrected chi connectivity index (χ2v) is 5.73. The number of hydrogen-bond acceptors (Lipinski definition) is 1. The zero-order chi connectivity index (χ0) is 12.1. The van der Waals surface area contributed by atoms with Crippen molar-refractivity contribution >= 4 is 0 Å². The predicted molar refractivity (Wildman–Crippen MR) is 74.3 cm³/mol. The molecule has 1 saturated carbocycles. The lowest BCUT2D eigenvalue weighted by molar-refractivity contribution is 0.271. The van der Waals surface area contributed by atoms with E-state index in [-0.39, 0.29) is 0 Å². The maximum atomic E-state index is 2.31. The van der Waals surface area contributed by atoms with Gasteiger partial charge in [0.1, 0.15) is 0 Å². The third kappa shape index (κ3) is 3.85. The molecule has 0 aromatic heterocycles. The van der Waals surface area contributed by atoms with Gasteiger partial charge in [-0.15, -0.1) is 0 Å². The minimum Gasteiger partial charge on any atom is -0.309 e. The molecule has 1 fully saturated rings. The Morgan fingerprint density at radius 1 is 1.12 bits per heavy atom. The van der Waals surface area contributed by atoms with Gasteiger partial charge in [0, 0.05) is 0 Å². The number of nitrogens with zero attached hydrogens (tertiary/aromatic N) is 1. The van der Waals surface area contributed by atoms with E-state index < -0.39 is 0 Å². The Hall–Kier alpha value is -0.820. The Labute approximate surface area is 106 Å². The average molecular weight is 231 g/mol. The van der Waals surface area contributed by atoms with Crippen molar-refractivity contribution in [2.45, 2.75) is 38.0 Å². The molecule has 0 amide bonds. The summed E-state index contributed by atoms with van der Waals surface area (Å²) in [5.74, 6) is 1.76. The van der Waals surface area contributed by atoms with Gasteiger partial charge in [-0.3, -0.25) is 0 Å². The van der Waals surface area contributed by atoms with Crippen LogP contribution >= 0.6 is 0 Å². The van der Waals surface area contributed by atoms with Crippen LogP contribution < -0.4 is 0 Å². The van der Waals surface area contributed by atoms with E-state index in [2.05, 4.69) is 49.3 Å². The zero-order valence-electron chi connectivity index (χ0n) is 11.2. The molecule has 1 aromatic carbocycles. The molecule has 0 aliphatic heterocycles. The van der Waals surface area contributed by atoms with Crippen molar-refractivity contribution in [3.8, 4) is 0 Å². The topological polar surface area (TPSA) is 3.24 Å². The van der Waals surface area contributed by atoms with E-state index in [1.807, 2.05) is 0 Å². The molecule has 0 heterocycles. The van der Waals surface area contributed by atoms with Gasteiger partial charge in [0.25, 0.3) is 0 Å². The third-order valence-electron chi connectivity index (χ3n) is 4.04. The summed E-state index contributed by atoms with van der Waals surface area (Å²) < 4.78 is 0. The summed E-state index contributed by atoms with van der Waals surface area (Å²) in [6.07, 6.45) is 7.02. The van der Waals surface area contributed by atoms with Gasteiger partial charge in [0.05, 0.1) is 0 Å². The highest BCUT2D eigenvalue weighted by atomic mass is 15.0. The summed E-state index contributed by atoms with van der Waals surface area (Å²) in [4.78, 5) is 2.31. The Bertz CT molecular complexity index is 318. The van der Waals surface area contributed by atoms with Crippen LogP contribution in [0.25, 0.3) is 0 Å². The molecular weight excluding hydrogens is 206 g/mol. The molecule has 0 N–H and O–H groups in total. The number of benzene rings is 1. The minimum atomic E-state index is 0.817. The molecule has 0 bridgehead atoms. The van der Waals surface area contributed by atoms with Crippen molar-refractivity contribution in [2.24, 2.45) is 5.92 Å². The van der Waals surface area contributed by atoms with Crippen LogP contribution in [0, 0.1) is 5.92 Å². The second-order valence-electron chi connectivity index (χ2n) is 5.73. The molecule has 1 heteroatoms. The van der Waals surface area contributed by atoms with Crippen LogP contribution in [0.1, 0.15) is 43.6 Å². The van der Waals surface area contributed by atoms with Crippen LogP contribution in [0.2, 0.25) is 0 Å². The van der Waals surface area contributed by atoms with Crippen LogP contribution in [-0.4, -0.2) is 25.5 Å². The highest BCUT2D eigenvalue weighted by Crippen LogP contribution is 2.37. The van der Waals surface area contributed by atoms with E-state index in [4.69, 9.17) is 0 Å². The lowest BCUT2D eigenvalue weighted by Gasteiger charge is -2.30. The van der Waals surface area contributed by atoms with Crippen molar-refractivity contribution < 1.29 is 0 Å². The maximum Gasteiger partial charge on any atom is -0.00222 e. The second kappa shape index (κ2) is 6.20. The Morgan fingerprint density at radius 2 is 1.88 bits per heavy atom. The molecule has 1 aromatic rings. The smallest absolute Gasteiger partial charge is 0.00222 e. The molecular formula is C16H25N. The van der Waals surface area contributed by atoms with Crippen molar-refractivity contribution in [1.29, 1.82) is 0 Å². The molecule has 0 saturated heterocycles. The van der Waals surface area contributed by atoms with Crippen LogP contribution in [0.4, 0.5) is 0 Å². The van der Waals surface area contributed by atoms with E-state index in [9.17, 15) is 0 Å². The summed E-state index contributed by atoms with van der Waals surface area (Å²) in [6, 6.07) is 11.1. The molecule has 0 radical (unpaired) electrons. The Morgan fingerprint density at radius 3 is 2.59 bits per heavy atom. The van der Waals surface area contributed by atoms with Crippen molar-refractivity contribution in [1.82, 2.24) is 4.90 Å². The van der Waals surface area contributed by atoms with Gasteiger partial charge >= 0.3 is 0 Å². The first-order valence-corrected chi connectivity index (χ1v) is 6.95. The standard InChI is InChI=1S/C16H25N/c1-17(2)12-11-14-7-6-10-16(13-14)15-8-4-3-5-9-15/h3-5,8-9,14,16H,6-7,10-13H2,1-2H3/t14-,16-/m1/s1. The Kier molecular flexibility index (Phi) is 4.61. The van der Waals surface area contributed by atoms with Crippen molar-refractivity contribution in [2.75, 3.05) is 20.6 Å². The maximum absolute atomic E-state index is 2.31. The predicted octanol–water partition coefficient (Wildman–Crippen LogP) is 3.91. The van der Waals surface area contributed by atoms with Crippen molar-refractivity contribution in [3.63, 3.8) is 0 Å². The first kappa shape index (κ1) is 12.6. The lowest BCUT2D eigenvalue weighted by atomic mass is 9.77. The molecule has 1 nitrogen and oxygen atoms in total. The fourth-order valence-electron chi connectivity index (χ4n) is 3.02. The largest absolute Gasteiger partial charge is 0.309 e. The molecule has 0 spiro atoms. The van der Waals surface area contributed by atoms with Crippen LogP contribution in [-0.2, 0) is 0 Å². The van der Waals surface area contributed by atoms with Crippen LogP contribution in [0.5, 0.6) is 0 Å². The first-order valence-electron chi connectivity index (χ1n) is 6.95. The van der Waals surface area contributed by atoms with Crippen LogP contribution in [0.15, 0.2) is 30.3 Å². The SMILES string of the molecule is CN(C)CC[C@H]1CCC[C@@H](c2ccccc2)C1. The fraction of sp³-hybridized carbons (Fsp3) is 0.625. The van der Waals surface area contributed by atoms with E-state index in [1.165, 1.54) is 38.6 Å². The molecule has 2 rings (SSSR count). The highest BCUT2D eigenvalue weighted by molar-refractivity contribution is 5.19. The first-order chi connectivity index (χ1) is 8.25. The highest BCUT2D eigenvalue weighted by Gasteiger charge is 2.22. The molecule has 2 atom stereocenters. The van der Waals surface area contributed by atoms with E-state index in [1.54, 1.807) is 5.56 Å². The van der Waals surface area contributed by atoms with Gasteiger partial charge in [0.15, 0.2) is 0 Å². The van der Waals surface area contributed by atoms with Gasteiger partial charge in [-0.2, -0.15) is 0 Å². The lowest BCUT2D eigenvalue weighted by Crippen LogP contribution is -2.20. The summed E-state index contributed by atoms with van der Waals surface area (Å²) in [5, 5.41) is 0. The fourth-order valence-corrected chi connectivity index (χ4v) is 3.02. The summed E-state index contributed by atoms with van der Waals surface area (Å²) in [6.45, 7) is 1.24. The summed E-state index contributed by atoms with van der Waals surface area (Å²) >= 11 is 0. The minimum absolute atomic E-state index is 0.817. The molecule has 0 unspecified atom stereocenters. The van der Waals surface area contributed by atoms with E-state index in [0.29, 0.717) is 0 Å². The van der Waals surface area contributed by atoms with Gasteiger partial charge in [-0.25, -0.2) is 0 Å². The van der Waals surface area contributed by atoms with Crippen LogP contribution in [0.3, 0.4) is 0 Å². The molecule has 1 aliphatic rings. The monoisotopic (exact) mass is 231 g/mol. The van der Waals surface area contributed by atoms with Gasteiger partial charge in [0.2, 0.25) is 0 Å². The summed E-state index contributed by atoms with van der Waals surface area (Å²) in [7, 11) is 4.36. The van der Waals surface area contributed by atoms with E-state index in [0.717, 1.165) is 11.8 Å². The van der Waals surface area contributed by atoms with Gasteiger partial charge in [-0.1, -0.05) is 43.2 Å². The molecule has 94 valence electrons. The normalized spacial score (nSPS) is 25.1. The number of rotatable bonds is 4. The molecule has 17 heavy (non-hydrogen) atoms. The number of hydrogen-bond donors (Lipinski definition) is 0. The van der Waals surface area contributed by atoms with Crippen molar-refractivity contribution in [3.05, 3.63) is 35.9 Å². The van der Waals surface area contributed by atoms with E-state index >= 15 is 0 Å². The zero-order valence-corrected chi connectivity index (χ0v) is 11.2. The average Bonchev–Trinajstić information content (AvgIpc) is 2.38. The van der Waals surface area contributed by atoms with Gasteiger partial charge in [-0.05, 0) is 57.3 Å². The third-order valence-corrected chi connectivity index (χ3v) is 4.04. The quantitative estimate of drug-likeness (QED) is 0.759. The Balaban J connectivity index is 1.89. The van der Waals surface area contributed by atoms with Gasteiger partial charge < -0.3 is 4.90 Å². The molecule has 1 aliphatic carbocycles. The summed E-state index contributed by atoms with van der Waals surface area (Å²) in [5.41, 5.74) is 1.56.